The van der Waals surface area contributed by atoms with Crippen molar-refractivity contribution in [2.45, 2.75) is 64.3 Å². The van der Waals surface area contributed by atoms with E-state index in [-0.39, 0.29) is 0 Å². The standard InChI is InChI=1S/C15H28N2O/c1-13(14-7-3-2-4-8-14)16-10-9-15(18)17-11-5-6-12-17/h13-14,16H,2-12H2,1H3. The Morgan fingerprint density at radius 2 is 1.83 bits per heavy atom. The molecule has 1 N–H and O–H groups in total. The van der Waals surface area contributed by atoms with Gasteiger partial charge < -0.3 is 10.2 Å². The fraction of sp³-hybridized carbons (Fsp3) is 0.933. The molecule has 3 nitrogen and oxygen atoms in total. The Labute approximate surface area is 111 Å². The molecule has 1 heterocycles. The van der Waals surface area contributed by atoms with Gasteiger partial charge in [-0.3, -0.25) is 4.79 Å². The van der Waals surface area contributed by atoms with Crippen LogP contribution in [0.4, 0.5) is 0 Å². The third-order valence-corrected chi connectivity index (χ3v) is 4.62. The summed E-state index contributed by atoms with van der Waals surface area (Å²) in [5, 5.41) is 3.56. The lowest BCUT2D eigenvalue weighted by molar-refractivity contribution is -0.130. The van der Waals surface area contributed by atoms with E-state index in [0.717, 1.165) is 25.6 Å². The number of carbonyl (C=O) groups excluding carboxylic acids is 1. The molecule has 1 aliphatic heterocycles. The number of hydrogen-bond donors (Lipinski definition) is 1. The lowest BCUT2D eigenvalue weighted by Gasteiger charge is -2.28. The smallest absolute Gasteiger partial charge is 0.223 e. The van der Waals surface area contributed by atoms with Crippen molar-refractivity contribution in [1.82, 2.24) is 10.2 Å². The molecule has 0 radical (unpaired) electrons. The Balaban J connectivity index is 1.60. The lowest BCUT2D eigenvalue weighted by atomic mass is 9.84. The first-order valence-corrected chi connectivity index (χ1v) is 7.78. The highest BCUT2D eigenvalue weighted by atomic mass is 16.2. The third kappa shape index (κ3) is 3.98. The van der Waals surface area contributed by atoms with Gasteiger partial charge in [0.1, 0.15) is 0 Å². The number of nitrogens with one attached hydrogen (secondary N) is 1. The zero-order valence-corrected chi connectivity index (χ0v) is 11.8. The maximum Gasteiger partial charge on any atom is 0.223 e. The Hall–Kier alpha value is -0.570. The Morgan fingerprint density at radius 3 is 2.50 bits per heavy atom. The molecule has 1 amide bonds. The van der Waals surface area contributed by atoms with E-state index in [0.29, 0.717) is 18.4 Å². The summed E-state index contributed by atoms with van der Waals surface area (Å²) in [5.74, 6) is 1.18. The third-order valence-electron chi connectivity index (χ3n) is 4.62. The molecule has 1 saturated carbocycles. The van der Waals surface area contributed by atoms with E-state index in [1.165, 1.54) is 44.9 Å². The highest BCUT2D eigenvalue weighted by Crippen LogP contribution is 2.26. The van der Waals surface area contributed by atoms with Crippen LogP contribution in [0, 0.1) is 5.92 Å². The van der Waals surface area contributed by atoms with Crippen LogP contribution < -0.4 is 5.32 Å². The predicted octanol–water partition coefficient (Wildman–Crippen LogP) is 2.56. The number of carbonyl (C=O) groups is 1. The van der Waals surface area contributed by atoms with Crippen LogP contribution in [0.15, 0.2) is 0 Å². The molecule has 1 aliphatic carbocycles. The van der Waals surface area contributed by atoms with Gasteiger partial charge in [-0.15, -0.1) is 0 Å². The van der Waals surface area contributed by atoms with E-state index in [4.69, 9.17) is 0 Å². The number of likely N-dealkylation sites (tertiary alicyclic amines) is 1. The van der Waals surface area contributed by atoms with E-state index >= 15 is 0 Å². The van der Waals surface area contributed by atoms with Gasteiger partial charge in [-0.2, -0.15) is 0 Å². The van der Waals surface area contributed by atoms with E-state index in [9.17, 15) is 4.79 Å². The molecule has 0 aromatic heterocycles. The van der Waals surface area contributed by atoms with E-state index in [1.54, 1.807) is 0 Å². The maximum absolute atomic E-state index is 11.9. The summed E-state index contributed by atoms with van der Waals surface area (Å²) in [4.78, 5) is 13.9. The first-order chi connectivity index (χ1) is 8.77. The monoisotopic (exact) mass is 252 g/mol. The average molecular weight is 252 g/mol. The van der Waals surface area contributed by atoms with Crippen molar-refractivity contribution in [2.75, 3.05) is 19.6 Å². The van der Waals surface area contributed by atoms with Gasteiger partial charge in [0.05, 0.1) is 0 Å². The molecule has 0 aromatic carbocycles. The molecule has 0 bridgehead atoms. The molecule has 1 unspecified atom stereocenters. The molecule has 2 rings (SSSR count). The highest BCUT2D eigenvalue weighted by molar-refractivity contribution is 5.76. The van der Waals surface area contributed by atoms with Crippen LogP contribution in [-0.4, -0.2) is 36.5 Å². The number of hydrogen-bond acceptors (Lipinski definition) is 2. The molecule has 3 heteroatoms. The summed E-state index contributed by atoms with van der Waals surface area (Å²) < 4.78 is 0. The summed E-state index contributed by atoms with van der Waals surface area (Å²) in [6.45, 7) is 5.11. The molecular weight excluding hydrogens is 224 g/mol. The number of nitrogens with zero attached hydrogens (tertiary/aromatic N) is 1. The Morgan fingerprint density at radius 1 is 1.17 bits per heavy atom. The van der Waals surface area contributed by atoms with Crippen LogP contribution in [0.2, 0.25) is 0 Å². The second-order valence-electron chi connectivity index (χ2n) is 5.98. The van der Waals surface area contributed by atoms with Crippen LogP contribution >= 0.6 is 0 Å². The zero-order valence-electron chi connectivity index (χ0n) is 11.8. The van der Waals surface area contributed by atoms with Crippen LogP contribution in [0.3, 0.4) is 0 Å². The molecular formula is C15H28N2O. The summed E-state index contributed by atoms with van der Waals surface area (Å²) in [6, 6.07) is 0.580. The van der Waals surface area contributed by atoms with Gasteiger partial charge in [0.2, 0.25) is 5.91 Å². The second-order valence-corrected chi connectivity index (χ2v) is 5.98. The van der Waals surface area contributed by atoms with Crippen molar-refractivity contribution in [3.63, 3.8) is 0 Å². The van der Waals surface area contributed by atoms with Crippen LogP contribution in [-0.2, 0) is 4.79 Å². The molecule has 2 aliphatic rings. The zero-order chi connectivity index (χ0) is 12.8. The molecule has 1 atom stereocenters. The molecule has 0 spiro atoms. The second kappa shape index (κ2) is 7.13. The van der Waals surface area contributed by atoms with Crippen molar-refractivity contribution in [3.8, 4) is 0 Å². The van der Waals surface area contributed by atoms with Gasteiger partial charge >= 0.3 is 0 Å². The van der Waals surface area contributed by atoms with Gasteiger partial charge in [-0.1, -0.05) is 19.3 Å². The fourth-order valence-electron chi connectivity index (χ4n) is 3.33. The van der Waals surface area contributed by atoms with Crippen molar-refractivity contribution in [2.24, 2.45) is 5.92 Å². The fourth-order valence-corrected chi connectivity index (χ4v) is 3.33. The van der Waals surface area contributed by atoms with Crippen LogP contribution in [0.25, 0.3) is 0 Å². The lowest BCUT2D eigenvalue weighted by Crippen LogP contribution is -2.37. The predicted molar refractivity (Wildman–Crippen MR) is 74.5 cm³/mol. The van der Waals surface area contributed by atoms with Gasteiger partial charge in [-0.05, 0) is 38.5 Å². The minimum Gasteiger partial charge on any atom is -0.343 e. The molecule has 2 fully saturated rings. The maximum atomic E-state index is 11.9. The summed E-state index contributed by atoms with van der Waals surface area (Å²) in [7, 11) is 0. The largest absolute Gasteiger partial charge is 0.343 e. The van der Waals surface area contributed by atoms with Gasteiger partial charge in [0.15, 0.2) is 0 Å². The summed E-state index contributed by atoms with van der Waals surface area (Å²) in [6.07, 6.45) is 10.00. The Kier molecular flexibility index (Phi) is 5.48. The SMILES string of the molecule is CC(NCCC(=O)N1CCCC1)C1CCCCC1. The Bertz CT molecular complexity index is 255. The molecule has 18 heavy (non-hydrogen) atoms. The summed E-state index contributed by atoms with van der Waals surface area (Å²) in [5.41, 5.74) is 0. The number of rotatable bonds is 5. The van der Waals surface area contributed by atoms with Gasteiger partial charge in [0.25, 0.3) is 0 Å². The molecule has 104 valence electrons. The van der Waals surface area contributed by atoms with E-state index < -0.39 is 0 Å². The van der Waals surface area contributed by atoms with Crippen molar-refractivity contribution >= 4 is 5.91 Å². The van der Waals surface area contributed by atoms with Crippen LogP contribution in [0.5, 0.6) is 0 Å². The van der Waals surface area contributed by atoms with E-state index in [1.807, 2.05) is 4.90 Å². The highest BCUT2D eigenvalue weighted by Gasteiger charge is 2.21. The quantitative estimate of drug-likeness (QED) is 0.815. The van der Waals surface area contributed by atoms with Gasteiger partial charge in [0, 0.05) is 32.1 Å². The van der Waals surface area contributed by atoms with Crippen LogP contribution in [0.1, 0.15) is 58.3 Å². The van der Waals surface area contributed by atoms with E-state index in [2.05, 4.69) is 12.2 Å². The van der Waals surface area contributed by atoms with Crippen molar-refractivity contribution in [3.05, 3.63) is 0 Å². The minimum absolute atomic E-state index is 0.343. The topological polar surface area (TPSA) is 32.3 Å². The first kappa shape index (κ1) is 13.9. The number of amides is 1. The van der Waals surface area contributed by atoms with Gasteiger partial charge in [-0.25, -0.2) is 0 Å². The van der Waals surface area contributed by atoms with Crippen molar-refractivity contribution in [1.29, 1.82) is 0 Å². The van der Waals surface area contributed by atoms with Crippen molar-refractivity contribution < 1.29 is 4.79 Å². The minimum atomic E-state index is 0.343. The molecule has 0 aromatic rings. The summed E-state index contributed by atoms with van der Waals surface area (Å²) >= 11 is 0. The first-order valence-electron chi connectivity index (χ1n) is 7.78. The molecule has 1 saturated heterocycles. The average Bonchev–Trinajstić information content (AvgIpc) is 2.93. The normalized spacial score (nSPS) is 23.3.